The molecule has 0 aromatic rings. The monoisotopic (exact) mass is 249 g/mol. The van der Waals surface area contributed by atoms with Crippen molar-refractivity contribution in [1.82, 2.24) is 15.5 Å². The molecule has 0 amide bonds. The summed E-state index contributed by atoms with van der Waals surface area (Å²) in [5.74, 6) is 1.82. The van der Waals surface area contributed by atoms with Crippen LogP contribution in [-0.2, 0) is 0 Å². The van der Waals surface area contributed by atoms with Gasteiger partial charge in [0.15, 0.2) is 0 Å². The van der Waals surface area contributed by atoms with Crippen molar-refractivity contribution in [2.75, 3.05) is 19.6 Å². The van der Waals surface area contributed by atoms with Gasteiger partial charge in [0.2, 0.25) is 0 Å². The first-order valence-electron chi connectivity index (χ1n) is 8.18. The van der Waals surface area contributed by atoms with E-state index < -0.39 is 0 Å². The van der Waals surface area contributed by atoms with Gasteiger partial charge in [0.25, 0.3) is 0 Å². The van der Waals surface area contributed by atoms with Crippen molar-refractivity contribution in [2.24, 2.45) is 11.8 Å². The molecule has 4 rings (SSSR count). The van der Waals surface area contributed by atoms with E-state index in [9.17, 15) is 0 Å². The smallest absolute Gasteiger partial charge is 0.0643 e. The van der Waals surface area contributed by atoms with Gasteiger partial charge in [-0.05, 0) is 64.1 Å². The van der Waals surface area contributed by atoms with Gasteiger partial charge in [-0.2, -0.15) is 0 Å². The number of fused-ring (bicyclic) bond motifs is 6. The largest absolute Gasteiger partial charge is 0.313 e. The van der Waals surface area contributed by atoms with Crippen molar-refractivity contribution in [2.45, 2.75) is 63.2 Å². The number of nitrogens with one attached hydrogen (secondary N) is 2. The number of hydrogen-bond acceptors (Lipinski definition) is 3. The minimum atomic E-state index is 0.691. The predicted octanol–water partition coefficient (Wildman–Crippen LogP) is 1.55. The van der Waals surface area contributed by atoms with Crippen LogP contribution in [0.2, 0.25) is 0 Å². The Morgan fingerprint density at radius 2 is 1.61 bits per heavy atom. The van der Waals surface area contributed by atoms with E-state index in [2.05, 4.69) is 15.5 Å². The summed E-state index contributed by atoms with van der Waals surface area (Å²) in [7, 11) is 0. The zero-order valence-electron chi connectivity index (χ0n) is 11.4. The van der Waals surface area contributed by atoms with Crippen LogP contribution < -0.4 is 10.6 Å². The quantitative estimate of drug-likeness (QED) is 0.682. The molecule has 0 bridgehead atoms. The molecule has 18 heavy (non-hydrogen) atoms. The summed E-state index contributed by atoms with van der Waals surface area (Å²) in [6.45, 7) is 3.85. The van der Waals surface area contributed by atoms with Crippen molar-refractivity contribution < 1.29 is 0 Å². The number of hydrogen-bond donors (Lipinski definition) is 2. The normalized spacial score (nSPS) is 49.0. The Morgan fingerprint density at radius 3 is 2.56 bits per heavy atom. The maximum atomic E-state index is 3.89. The molecule has 4 heterocycles. The third-order valence-electron chi connectivity index (χ3n) is 5.93. The average Bonchev–Trinajstić information content (AvgIpc) is 2.48. The Balaban J connectivity index is 1.64. The van der Waals surface area contributed by atoms with E-state index in [1.54, 1.807) is 0 Å². The molecule has 0 aromatic heterocycles. The topological polar surface area (TPSA) is 27.3 Å². The van der Waals surface area contributed by atoms with Crippen LogP contribution in [0.3, 0.4) is 0 Å². The highest BCUT2D eigenvalue weighted by Crippen LogP contribution is 2.42. The first kappa shape index (κ1) is 11.7. The Morgan fingerprint density at radius 1 is 0.778 bits per heavy atom. The second kappa shape index (κ2) is 4.77. The minimum absolute atomic E-state index is 0.691. The fourth-order valence-corrected chi connectivity index (χ4v) is 5.26. The lowest BCUT2D eigenvalue weighted by atomic mass is 9.68. The molecule has 0 aromatic carbocycles. The summed E-state index contributed by atoms with van der Waals surface area (Å²) in [5, 5.41) is 7.73. The minimum Gasteiger partial charge on any atom is -0.313 e. The number of piperidine rings is 4. The predicted molar refractivity (Wildman–Crippen MR) is 73.4 cm³/mol. The van der Waals surface area contributed by atoms with Crippen LogP contribution in [-0.4, -0.2) is 42.8 Å². The van der Waals surface area contributed by atoms with Gasteiger partial charge in [0.1, 0.15) is 0 Å². The van der Waals surface area contributed by atoms with E-state index in [4.69, 9.17) is 0 Å². The Labute approximate surface area is 111 Å². The molecule has 0 aliphatic carbocycles. The lowest BCUT2D eigenvalue weighted by Crippen LogP contribution is -2.71. The number of rotatable bonds is 0. The lowest BCUT2D eigenvalue weighted by Gasteiger charge is -2.59. The molecule has 5 unspecified atom stereocenters. The van der Waals surface area contributed by atoms with E-state index in [0.717, 1.165) is 23.9 Å². The molecule has 3 heteroatoms. The second-order valence-electron chi connectivity index (χ2n) is 6.79. The number of nitrogens with zero attached hydrogens (tertiary/aromatic N) is 1. The van der Waals surface area contributed by atoms with Crippen LogP contribution in [0.1, 0.15) is 44.9 Å². The van der Waals surface area contributed by atoms with Crippen LogP contribution in [0.15, 0.2) is 0 Å². The van der Waals surface area contributed by atoms with Gasteiger partial charge in [0, 0.05) is 18.0 Å². The fraction of sp³-hybridized carbons (Fsp3) is 1.00. The van der Waals surface area contributed by atoms with Crippen molar-refractivity contribution in [1.29, 1.82) is 0 Å². The molecular weight excluding hydrogens is 222 g/mol. The molecule has 5 atom stereocenters. The third-order valence-corrected chi connectivity index (χ3v) is 5.93. The Bertz CT molecular complexity index is 217. The highest BCUT2D eigenvalue weighted by Gasteiger charge is 2.50. The highest BCUT2D eigenvalue weighted by atomic mass is 15.3. The van der Waals surface area contributed by atoms with Gasteiger partial charge in [-0.1, -0.05) is 6.42 Å². The van der Waals surface area contributed by atoms with Crippen LogP contribution in [0.5, 0.6) is 0 Å². The van der Waals surface area contributed by atoms with E-state index in [1.807, 2.05) is 0 Å². The SMILES string of the molecule is C1CNC2C(C1)C1CCCCN1C1NCCCC21. The standard InChI is InChI=1S/C15H27N3/c1-2-10-18-13(7-1)11-5-3-8-16-14(11)12-6-4-9-17-15(12)18/h11-17H,1-10H2. The summed E-state index contributed by atoms with van der Waals surface area (Å²) in [6.07, 6.45) is 10.7. The van der Waals surface area contributed by atoms with Gasteiger partial charge >= 0.3 is 0 Å². The molecule has 4 fully saturated rings. The zero-order chi connectivity index (χ0) is 11.9. The molecule has 0 radical (unpaired) electrons. The Hall–Kier alpha value is -0.120. The molecule has 2 N–H and O–H groups in total. The second-order valence-corrected chi connectivity index (χ2v) is 6.79. The molecule has 0 spiro atoms. The highest BCUT2D eigenvalue weighted by molar-refractivity contribution is 5.05. The van der Waals surface area contributed by atoms with Crippen LogP contribution in [0.4, 0.5) is 0 Å². The molecule has 4 aliphatic rings. The molecule has 102 valence electrons. The summed E-state index contributed by atoms with van der Waals surface area (Å²) in [4.78, 5) is 2.86. The van der Waals surface area contributed by atoms with E-state index in [1.165, 1.54) is 64.6 Å². The van der Waals surface area contributed by atoms with Crippen LogP contribution in [0, 0.1) is 11.8 Å². The van der Waals surface area contributed by atoms with Crippen molar-refractivity contribution in [3.8, 4) is 0 Å². The first-order valence-corrected chi connectivity index (χ1v) is 8.18. The van der Waals surface area contributed by atoms with Gasteiger partial charge in [-0.15, -0.1) is 0 Å². The van der Waals surface area contributed by atoms with E-state index in [-0.39, 0.29) is 0 Å². The first-order chi connectivity index (χ1) is 8.95. The average molecular weight is 249 g/mol. The summed E-state index contributed by atoms with van der Waals surface area (Å²) in [5.41, 5.74) is 0. The zero-order valence-corrected chi connectivity index (χ0v) is 11.4. The Kier molecular flexibility index (Phi) is 3.10. The van der Waals surface area contributed by atoms with Gasteiger partial charge in [-0.3, -0.25) is 4.90 Å². The summed E-state index contributed by atoms with van der Waals surface area (Å²) in [6, 6.07) is 1.69. The van der Waals surface area contributed by atoms with Gasteiger partial charge in [0.05, 0.1) is 6.17 Å². The molecule has 3 nitrogen and oxygen atoms in total. The molecular formula is C15H27N3. The maximum Gasteiger partial charge on any atom is 0.0643 e. The van der Waals surface area contributed by atoms with E-state index >= 15 is 0 Å². The van der Waals surface area contributed by atoms with Crippen LogP contribution in [0.25, 0.3) is 0 Å². The summed E-state index contributed by atoms with van der Waals surface area (Å²) >= 11 is 0. The molecule has 4 aliphatic heterocycles. The van der Waals surface area contributed by atoms with Crippen molar-refractivity contribution in [3.63, 3.8) is 0 Å². The van der Waals surface area contributed by atoms with Gasteiger partial charge in [-0.25, -0.2) is 0 Å². The molecule has 4 saturated heterocycles. The fourth-order valence-electron chi connectivity index (χ4n) is 5.26. The van der Waals surface area contributed by atoms with Crippen molar-refractivity contribution in [3.05, 3.63) is 0 Å². The lowest BCUT2D eigenvalue weighted by molar-refractivity contribution is -0.0810. The van der Waals surface area contributed by atoms with E-state index in [0.29, 0.717) is 6.17 Å². The van der Waals surface area contributed by atoms with Gasteiger partial charge < -0.3 is 10.6 Å². The van der Waals surface area contributed by atoms with Crippen LogP contribution >= 0.6 is 0 Å². The molecule has 0 saturated carbocycles. The maximum absolute atomic E-state index is 3.89. The summed E-state index contributed by atoms with van der Waals surface area (Å²) < 4.78 is 0. The van der Waals surface area contributed by atoms with Crippen molar-refractivity contribution >= 4 is 0 Å². The third kappa shape index (κ3) is 1.75.